The highest BCUT2D eigenvalue weighted by molar-refractivity contribution is 5.74. The Balaban J connectivity index is 1.53. The largest absolute Gasteiger partial charge is 0.342 e. The maximum Gasteiger partial charge on any atom is 0.269 e. The Bertz CT molecular complexity index is 764. The number of aromatic amines is 1. The molecule has 0 bridgehead atoms. The first-order valence-corrected chi connectivity index (χ1v) is 7.10. The van der Waals surface area contributed by atoms with Gasteiger partial charge in [0, 0.05) is 31.6 Å². The van der Waals surface area contributed by atoms with Crippen LogP contribution in [0.3, 0.4) is 0 Å². The molecule has 0 saturated carbocycles. The maximum absolute atomic E-state index is 10.7. The second-order valence-corrected chi connectivity index (χ2v) is 5.05. The summed E-state index contributed by atoms with van der Waals surface area (Å²) in [6, 6.07) is 14.6. The van der Waals surface area contributed by atoms with Crippen LogP contribution in [0.1, 0.15) is 11.4 Å². The van der Waals surface area contributed by atoms with E-state index in [1.54, 1.807) is 12.1 Å². The molecule has 0 spiro atoms. The maximum atomic E-state index is 10.7. The third-order valence-corrected chi connectivity index (χ3v) is 3.43. The zero-order valence-corrected chi connectivity index (χ0v) is 12.0. The van der Waals surface area contributed by atoms with Crippen molar-refractivity contribution in [1.82, 2.24) is 15.3 Å². The van der Waals surface area contributed by atoms with Gasteiger partial charge in [-0.05, 0) is 17.7 Å². The van der Waals surface area contributed by atoms with E-state index in [1.165, 1.54) is 6.07 Å². The number of benzene rings is 2. The van der Waals surface area contributed by atoms with Crippen LogP contribution in [-0.4, -0.2) is 21.4 Å². The highest BCUT2D eigenvalue weighted by atomic mass is 16.6. The van der Waals surface area contributed by atoms with Gasteiger partial charge in [-0.2, -0.15) is 0 Å². The molecule has 0 amide bonds. The molecule has 2 N–H and O–H groups in total. The summed E-state index contributed by atoms with van der Waals surface area (Å²) in [7, 11) is 0. The lowest BCUT2D eigenvalue weighted by Crippen LogP contribution is -2.17. The molecule has 6 nitrogen and oxygen atoms in total. The molecule has 0 aliphatic carbocycles. The molecule has 1 aromatic heterocycles. The topological polar surface area (TPSA) is 83.8 Å². The standard InChI is InChI=1S/C16H16N4O2/c21-20(22)13-5-3-4-12(10-13)11-17-9-8-16-18-14-6-1-2-7-15(14)19-16/h1-7,10,17H,8-9,11H2,(H,18,19). The second kappa shape index (κ2) is 6.36. The van der Waals surface area contributed by atoms with Crippen LogP contribution >= 0.6 is 0 Å². The van der Waals surface area contributed by atoms with Gasteiger partial charge in [0.15, 0.2) is 0 Å². The minimum atomic E-state index is -0.377. The molecule has 2 aromatic carbocycles. The first kappa shape index (κ1) is 14.2. The normalized spacial score (nSPS) is 10.9. The third kappa shape index (κ3) is 3.29. The fourth-order valence-corrected chi connectivity index (χ4v) is 2.34. The first-order chi connectivity index (χ1) is 10.7. The fourth-order valence-electron chi connectivity index (χ4n) is 2.34. The Hall–Kier alpha value is -2.73. The van der Waals surface area contributed by atoms with Crippen LogP contribution < -0.4 is 5.32 Å². The van der Waals surface area contributed by atoms with Crippen molar-refractivity contribution in [1.29, 1.82) is 0 Å². The Kier molecular flexibility index (Phi) is 4.11. The lowest BCUT2D eigenvalue weighted by atomic mass is 10.2. The number of nitro groups is 1. The predicted molar refractivity (Wildman–Crippen MR) is 84.6 cm³/mol. The zero-order valence-electron chi connectivity index (χ0n) is 12.0. The summed E-state index contributed by atoms with van der Waals surface area (Å²) in [4.78, 5) is 18.1. The van der Waals surface area contributed by atoms with E-state index in [2.05, 4.69) is 15.3 Å². The summed E-state index contributed by atoms with van der Waals surface area (Å²) < 4.78 is 0. The van der Waals surface area contributed by atoms with E-state index in [1.807, 2.05) is 30.3 Å². The molecule has 6 heteroatoms. The minimum Gasteiger partial charge on any atom is -0.342 e. The number of nitrogens with one attached hydrogen (secondary N) is 2. The summed E-state index contributed by atoms with van der Waals surface area (Å²) in [6.45, 7) is 1.35. The van der Waals surface area contributed by atoms with Crippen molar-refractivity contribution in [3.63, 3.8) is 0 Å². The van der Waals surface area contributed by atoms with E-state index in [0.717, 1.165) is 35.4 Å². The third-order valence-electron chi connectivity index (χ3n) is 3.43. The van der Waals surface area contributed by atoms with Crippen LogP contribution in [-0.2, 0) is 13.0 Å². The van der Waals surface area contributed by atoms with Gasteiger partial charge in [0.25, 0.3) is 5.69 Å². The monoisotopic (exact) mass is 296 g/mol. The van der Waals surface area contributed by atoms with Crippen molar-refractivity contribution in [2.75, 3.05) is 6.54 Å². The number of H-pyrrole nitrogens is 1. The molecule has 0 saturated heterocycles. The molecule has 0 fully saturated rings. The molecule has 22 heavy (non-hydrogen) atoms. The Morgan fingerprint density at radius 2 is 2.05 bits per heavy atom. The number of aromatic nitrogens is 2. The summed E-state index contributed by atoms with van der Waals surface area (Å²) in [5.41, 5.74) is 3.03. The molecule has 0 radical (unpaired) electrons. The van der Waals surface area contributed by atoms with E-state index >= 15 is 0 Å². The Morgan fingerprint density at radius 1 is 1.18 bits per heavy atom. The molecule has 1 heterocycles. The van der Waals surface area contributed by atoms with Gasteiger partial charge >= 0.3 is 0 Å². The van der Waals surface area contributed by atoms with Gasteiger partial charge in [-0.15, -0.1) is 0 Å². The van der Waals surface area contributed by atoms with Crippen molar-refractivity contribution < 1.29 is 4.92 Å². The predicted octanol–water partition coefficient (Wildman–Crippen LogP) is 2.80. The van der Waals surface area contributed by atoms with E-state index in [9.17, 15) is 10.1 Å². The van der Waals surface area contributed by atoms with E-state index in [0.29, 0.717) is 6.54 Å². The number of para-hydroxylation sites is 2. The summed E-state index contributed by atoms with van der Waals surface area (Å²) in [5.74, 6) is 0.938. The van der Waals surface area contributed by atoms with Gasteiger partial charge in [0.05, 0.1) is 16.0 Å². The van der Waals surface area contributed by atoms with Crippen molar-refractivity contribution in [2.45, 2.75) is 13.0 Å². The molecule has 0 aliphatic heterocycles. The number of nitrogens with zero attached hydrogens (tertiary/aromatic N) is 2. The highest BCUT2D eigenvalue weighted by Gasteiger charge is 2.05. The van der Waals surface area contributed by atoms with Crippen LogP contribution in [0.4, 0.5) is 5.69 Å². The molecule has 3 aromatic rings. The van der Waals surface area contributed by atoms with Crippen LogP contribution in [0.2, 0.25) is 0 Å². The molecule has 0 unspecified atom stereocenters. The summed E-state index contributed by atoms with van der Waals surface area (Å²) >= 11 is 0. The van der Waals surface area contributed by atoms with Crippen molar-refractivity contribution >= 4 is 16.7 Å². The van der Waals surface area contributed by atoms with Crippen molar-refractivity contribution in [3.8, 4) is 0 Å². The van der Waals surface area contributed by atoms with E-state index < -0.39 is 0 Å². The number of nitro benzene ring substituents is 1. The Labute approximate surface area is 127 Å². The fraction of sp³-hybridized carbons (Fsp3) is 0.188. The summed E-state index contributed by atoms with van der Waals surface area (Å²) in [6.07, 6.45) is 0.781. The number of imidazole rings is 1. The lowest BCUT2D eigenvalue weighted by molar-refractivity contribution is -0.384. The first-order valence-electron chi connectivity index (χ1n) is 7.10. The number of hydrogen-bond donors (Lipinski definition) is 2. The van der Waals surface area contributed by atoms with E-state index in [4.69, 9.17) is 0 Å². The van der Waals surface area contributed by atoms with Gasteiger partial charge in [-0.1, -0.05) is 24.3 Å². The van der Waals surface area contributed by atoms with E-state index in [-0.39, 0.29) is 10.6 Å². The van der Waals surface area contributed by atoms with Crippen LogP contribution in [0.5, 0.6) is 0 Å². The zero-order chi connectivity index (χ0) is 15.4. The quantitative estimate of drug-likeness (QED) is 0.416. The molecular weight excluding hydrogens is 280 g/mol. The number of rotatable bonds is 6. The Morgan fingerprint density at radius 3 is 2.86 bits per heavy atom. The van der Waals surface area contributed by atoms with Crippen LogP contribution in [0, 0.1) is 10.1 Å². The van der Waals surface area contributed by atoms with Gasteiger partial charge in [-0.25, -0.2) is 4.98 Å². The second-order valence-electron chi connectivity index (χ2n) is 5.05. The molecular formula is C16H16N4O2. The SMILES string of the molecule is O=[N+]([O-])c1cccc(CNCCc2nc3ccccc3[nH]2)c1. The molecule has 0 atom stereocenters. The van der Waals surface area contributed by atoms with Gasteiger partial charge < -0.3 is 10.3 Å². The van der Waals surface area contributed by atoms with Crippen molar-refractivity contribution in [2.24, 2.45) is 0 Å². The minimum absolute atomic E-state index is 0.122. The lowest BCUT2D eigenvalue weighted by Gasteiger charge is -2.03. The molecule has 0 aliphatic rings. The number of non-ortho nitro benzene ring substituents is 1. The molecule has 112 valence electrons. The van der Waals surface area contributed by atoms with Crippen molar-refractivity contribution in [3.05, 3.63) is 70.0 Å². The highest BCUT2D eigenvalue weighted by Crippen LogP contribution is 2.13. The number of fused-ring (bicyclic) bond motifs is 1. The smallest absolute Gasteiger partial charge is 0.269 e. The number of hydrogen-bond acceptors (Lipinski definition) is 4. The average molecular weight is 296 g/mol. The van der Waals surface area contributed by atoms with Crippen LogP contribution in [0.25, 0.3) is 11.0 Å². The van der Waals surface area contributed by atoms with Gasteiger partial charge in [0.1, 0.15) is 5.82 Å². The average Bonchev–Trinajstić information content (AvgIpc) is 2.94. The van der Waals surface area contributed by atoms with Gasteiger partial charge in [0.2, 0.25) is 0 Å². The van der Waals surface area contributed by atoms with Crippen LogP contribution in [0.15, 0.2) is 48.5 Å². The molecule has 3 rings (SSSR count). The summed E-state index contributed by atoms with van der Waals surface area (Å²) in [5, 5.41) is 14.0. The van der Waals surface area contributed by atoms with Gasteiger partial charge in [-0.3, -0.25) is 10.1 Å².